The van der Waals surface area contributed by atoms with Gasteiger partial charge >= 0.3 is 5.69 Å². The van der Waals surface area contributed by atoms with Crippen molar-refractivity contribution in [1.29, 1.82) is 0 Å². The molecule has 1 N–H and O–H groups in total. The van der Waals surface area contributed by atoms with Gasteiger partial charge in [0.2, 0.25) is 17.6 Å². The molecule has 0 spiro atoms. The molecule has 0 atom stereocenters. The van der Waals surface area contributed by atoms with E-state index in [1.807, 2.05) is 0 Å². The van der Waals surface area contributed by atoms with Gasteiger partial charge in [-0.05, 0) is 11.6 Å². The molecule has 0 aliphatic carbocycles. The highest BCUT2D eigenvalue weighted by molar-refractivity contribution is 5.99. The van der Waals surface area contributed by atoms with E-state index in [1.54, 1.807) is 0 Å². The third kappa shape index (κ3) is 3.10. The number of piperazine rings is 1. The standard InChI is InChI=1S/C11H10FN3O4/c12-8-3-7(1-2-9(8)15(18)19)4-14-5-10(16)13-11(17)6-14/h1-3H,4-6H2,(H,13,16,17). The van der Waals surface area contributed by atoms with E-state index < -0.39 is 28.2 Å². The molecule has 1 aromatic carbocycles. The maximum atomic E-state index is 13.4. The Hall–Kier alpha value is -2.35. The number of hydrogen-bond acceptors (Lipinski definition) is 5. The number of imide groups is 1. The van der Waals surface area contributed by atoms with Crippen LogP contribution in [-0.2, 0) is 16.1 Å². The first-order chi connectivity index (χ1) is 8.95. The second-order valence-corrected chi connectivity index (χ2v) is 4.16. The average Bonchev–Trinajstić information content (AvgIpc) is 2.26. The minimum Gasteiger partial charge on any atom is -0.294 e. The Balaban J connectivity index is 2.11. The van der Waals surface area contributed by atoms with Crippen molar-refractivity contribution in [1.82, 2.24) is 10.2 Å². The Kier molecular flexibility index (Phi) is 3.52. The first kappa shape index (κ1) is 13.1. The molecular formula is C11H10FN3O4. The number of nitro groups is 1. The monoisotopic (exact) mass is 267 g/mol. The van der Waals surface area contributed by atoms with Gasteiger partial charge in [0.05, 0.1) is 18.0 Å². The van der Waals surface area contributed by atoms with Crippen LogP contribution in [0.5, 0.6) is 0 Å². The van der Waals surface area contributed by atoms with Crippen molar-refractivity contribution in [3.05, 3.63) is 39.7 Å². The third-order valence-corrected chi connectivity index (χ3v) is 2.63. The summed E-state index contributed by atoms with van der Waals surface area (Å²) in [7, 11) is 0. The minimum absolute atomic E-state index is 0.0321. The van der Waals surface area contributed by atoms with Gasteiger partial charge in [-0.25, -0.2) is 0 Å². The van der Waals surface area contributed by atoms with Crippen molar-refractivity contribution in [2.24, 2.45) is 0 Å². The van der Waals surface area contributed by atoms with E-state index in [0.717, 1.165) is 12.1 Å². The van der Waals surface area contributed by atoms with Crippen molar-refractivity contribution >= 4 is 17.5 Å². The molecule has 0 radical (unpaired) electrons. The molecule has 0 saturated carbocycles. The molecule has 1 aromatic rings. The molecule has 100 valence electrons. The Morgan fingerprint density at radius 2 is 1.95 bits per heavy atom. The second kappa shape index (κ2) is 5.11. The molecule has 8 heteroatoms. The summed E-state index contributed by atoms with van der Waals surface area (Å²) in [6.45, 7) is 0.239. The first-order valence-electron chi connectivity index (χ1n) is 5.43. The van der Waals surface area contributed by atoms with Gasteiger partial charge in [-0.3, -0.25) is 29.9 Å². The van der Waals surface area contributed by atoms with Crippen LogP contribution >= 0.6 is 0 Å². The van der Waals surface area contributed by atoms with Gasteiger partial charge in [0.25, 0.3) is 0 Å². The zero-order valence-electron chi connectivity index (χ0n) is 9.76. The molecule has 7 nitrogen and oxygen atoms in total. The summed E-state index contributed by atoms with van der Waals surface area (Å²) in [5, 5.41) is 12.6. The number of carbonyl (C=O) groups is 2. The van der Waals surface area contributed by atoms with Crippen LogP contribution in [0.3, 0.4) is 0 Å². The zero-order valence-corrected chi connectivity index (χ0v) is 9.76. The largest absolute Gasteiger partial charge is 0.304 e. The summed E-state index contributed by atoms with van der Waals surface area (Å²) >= 11 is 0. The topological polar surface area (TPSA) is 92.6 Å². The molecule has 1 heterocycles. The van der Waals surface area contributed by atoms with E-state index in [2.05, 4.69) is 5.32 Å². The summed E-state index contributed by atoms with van der Waals surface area (Å²) < 4.78 is 13.4. The fourth-order valence-electron chi connectivity index (χ4n) is 1.86. The molecule has 0 aromatic heterocycles. The molecule has 1 saturated heterocycles. The predicted octanol–water partition coefficient (Wildman–Crippen LogP) is 0.192. The number of benzene rings is 1. The van der Waals surface area contributed by atoms with Gasteiger partial charge in [-0.15, -0.1) is 0 Å². The van der Waals surface area contributed by atoms with E-state index in [4.69, 9.17) is 0 Å². The molecule has 1 aliphatic heterocycles. The quantitative estimate of drug-likeness (QED) is 0.479. The van der Waals surface area contributed by atoms with Crippen LogP contribution in [0, 0.1) is 15.9 Å². The Morgan fingerprint density at radius 3 is 2.47 bits per heavy atom. The van der Waals surface area contributed by atoms with Gasteiger partial charge in [-0.2, -0.15) is 4.39 Å². The second-order valence-electron chi connectivity index (χ2n) is 4.16. The summed E-state index contributed by atoms with van der Waals surface area (Å²) in [4.78, 5) is 33.5. The molecule has 1 fully saturated rings. The number of carbonyl (C=O) groups excluding carboxylic acids is 2. The molecule has 0 bridgehead atoms. The van der Waals surface area contributed by atoms with Gasteiger partial charge in [0.15, 0.2) is 0 Å². The summed E-state index contributed by atoms with van der Waals surface area (Å²) in [6.07, 6.45) is 0. The van der Waals surface area contributed by atoms with Crippen molar-refractivity contribution < 1.29 is 18.9 Å². The van der Waals surface area contributed by atoms with E-state index >= 15 is 0 Å². The van der Waals surface area contributed by atoms with Crippen LogP contribution < -0.4 is 5.32 Å². The number of rotatable bonds is 3. The van der Waals surface area contributed by atoms with E-state index in [1.165, 1.54) is 11.0 Å². The third-order valence-electron chi connectivity index (χ3n) is 2.63. The number of nitrogens with one attached hydrogen (secondary N) is 1. The lowest BCUT2D eigenvalue weighted by atomic mass is 10.1. The summed E-state index contributed by atoms with van der Waals surface area (Å²) in [5.74, 6) is -1.77. The predicted molar refractivity (Wildman–Crippen MR) is 61.5 cm³/mol. The molecule has 2 rings (SSSR count). The lowest BCUT2D eigenvalue weighted by molar-refractivity contribution is -0.387. The molecule has 19 heavy (non-hydrogen) atoms. The van der Waals surface area contributed by atoms with Crippen LogP contribution in [0.4, 0.5) is 10.1 Å². The van der Waals surface area contributed by atoms with Gasteiger partial charge in [0, 0.05) is 12.6 Å². The minimum atomic E-state index is -0.935. The number of nitro benzene ring substituents is 1. The summed E-state index contributed by atoms with van der Waals surface area (Å²) in [6, 6.07) is 3.50. The molecule has 0 unspecified atom stereocenters. The van der Waals surface area contributed by atoms with Crippen molar-refractivity contribution in [2.75, 3.05) is 13.1 Å². The van der Waals surface area contributed by atoms with Crippen molar-refractivity contribution in [2.45, 2.75) is 6.54 Å². The van der Waals surface area contributed by atoms with Crippen LogP contribution in [0.1, 0.15) is 5.56 Å². The SMILES string of the molecule is O=C1CN(Cc2ccc([N+](=O)[O-])c(F)c2)CC(=O)N1. The summed E-state index contributed by atoms with van der Waals surface area (Å²) in [5.41, 5.74) is -0.137. The van der Waals surface area contributed by atoms with E-state index in [-0.39, 0.29) is 19.6 Å². The highest BCUT2D eigenvalue weighted by atomic mass is 19.1. The van der Waals surface area contributed by atoms with Crippen LogP contribution in [0.25, 0.3) is 0 Å². The number of amides is 2. The lowest BCUT2D eigenvalue weighted by Gasteiger charge is -2.25. The maximum absolute atomic E-state index is 13.4. The normalized spacial score (nSPS) is 16.3. The van der Waals surface area contributed by atoms with E-state index in [9.17, 15) is 24.1 Å². The highest BCUT2D eigenvalue weighted by Gasteiger charge is 2.23. The fourth-order valence-corrected chi connectivity index (χ4v) is 1.86. The maximum Gasteiger partial charge on any atom is 0.304 e. The smallest absolute Gasteiger partial charge is 0.294 e. The Labute approximate surface area is 107 Å². The molecular weight excluding hydrogens is 257 g/mol. The van der Waals surface area contributed by atoms with Crippen molar-refractivity contribution in [3.8, 4) is 0 Å². The van der Waals surface area contributed by atoms with Crippen LogP contribution in [-0.4, -0.2) is 34.7 Å². The Morgan fingerprint density at radius 1 is 1.32 bits per heavy atom. The van der Waals surface area contributed by atoms with Crippen molar-refractivity contribution in [3.63, 3.8) is 0 Å². The zero-order chi connectivity index (χ0) is 14.0. The Bertz CT molecular complexity index is 545. The van der Waals surface area contributed by atoms with Crippen LogP contribution in [0.2, 0.25) is 0 Å². The number of hydrogen-bond donors (Lipinski definition) is 1. The number of halogens is 1. The lowest BCUT2D eigenvalue weighted by Crippen LogP contribution is -2.50. The molecule has 1 aliphatic rings. The highest BCUT2D eigenvalue weighted by Crippen LogP contribution is 2.19. The van der Waals surface area contributed by atoms with Gasteiger partial charge in [0.1, 0.15) is 0 Å². The fraction of sp³-hybridized carbons (Fsp3) is 0.273. The number of nitrogens with zero attached hydrogens (tertiary/aromatic N) is 2. The first-order valence-corrected chi connectivity index (χ1v) is 5.43. The van der Waals surface area contributed by atoms with Gasteiger partial charge < -0.3 is 0 Å². The average molecular weight is 267 g/mol. The van der Waals surface area contributed by atoms with E-state index in [0.29, 0.717) is 5.56 Å². The molecule has 2 amide bonds. The van der Waals surface area contributed by atoms with Gasteiger partial charge in [-0.1, -0.05) is 6.07 Å². The van der Waals surface area contributed by atoms with Crippen LogP contribution in [0.15, 0.2) is 18.2 Å².